The number of carbonyl (C=O) groups is 1. The average Bonchev–Trinajstić information content (AvgIpc) is 2.40. The Morgan fingerprint density at radius 1 is 1.35 bits per heavy atom. The summed E-state index contributed by atoms with van der Waals surface area (Å²) >= 11 is 0. The molecule has 0 aliphatic rings. The van der Waals surface area contributed by atoms with Crippen LogP contribution in [0.5, 0.6) is 11.5 Å². The zero-order valence-corrected chi connectivity index (χ0v) is 14.2. The van der Waals surface area contributed by atoms with Gasteiger partial charge < -0.3 is 20.1 Å². The molecule has 132 valence electrons. The molecule has 0 aliphatic heterocycles. The minimum atomic E-state index is -2.92. The Kier molecular flexibility index (Phi) is 9.52. The number of nitrogens with two attached hydrogens (primary N) is 1. The summed E-state index contributed by atoms with van der Waals surface area (Å²) in [5, 5.41) is 0. The number of rotatable bonds is 8. The summed E-state index contributed by atoms with van der Waals surface area (Å²) in [6.45, 7) is 1.25. The van der Waals surface area contributed by atoms with Crippen LogP contribution in [0.15, 0.2) is 18.2 Å². The van der Waals surface area contributed by atoms with Crippen molar-refractivity contribution < 1.29 is 23.0 Å². The molecule has 1 unspecified atom stereocenters. The highest BCUT2D eigenvalue weighted by molar-refractivity contribution is 5.85. The molecule has 0 fully saturated rings. The predicted octanol–water partition coefficient (Wildman–Crippen LogP) is 2.80. The van der Waals surface area contributed by atoms with E-state index in [0.717, 1.165) is 5.56 Å². The van der Waals surface area contributed by atoms with E-state index in [1.807, 2.05) is 0 Å². The van der Waals surface area contributed by atoms with E-state index in [1.165, 1.54) is 11.0 Å². The van der Waals surface area contributed by atoms with E-state index < -0.39 is 6.61 Å². The van der Waals surface area contributed by atoms with Gasteiger partial charge in [-0.3, -0.25) is 4.79 Å². The minimum absolute atomic E-state index is 0. The quantitative estimate of drug-likeness (QED) is 0.781. The third-order valence-electron chi connectivity index (χ3n) is 2.87. The van der Waals surface area contributed by atoms with Crippen LogP contribution in [0.4, 0.5) is 8.78 Å². The summed E-state index contributed by atoms with van der Waals surface area (Å²) in [4.78, 5) is 13.4. The fraction of sp³-hybridized carbons (Fsp3) is 0.533. The highest BCUT2D eigenvalue weighted by atomic mass is 35.5. The standard InChI is InChI=1S/C15H22F2N2O3.ClH/c1-4-21-13-8-11(5-6-12(13)22-15(16)17)9-19(3)14(20)7-10(2)18;/h5-6,8,10,15H,4,7,9,18H2,1-3H3;1H. The van der Waals surface area contributed by atoms with Gasteiger partial charge in [-0.2, -0.15) is 8.78 Å². The van der Waals surface area contributed by atoms with Gasteiger partial charge >= 0.3 is 6.61 Å². The van der Waals surface area contributed by atoms with Crippen LogP contribution in [0.3, 0.4) is 0 Å². The van der Waals surface area contributed by atoms with Gasteiger partial charge in [-0.15, -0.1) is 12.4 Å². The van der Waals surface area contributed by atoms with Crippen molar-refractivity contribution in [2.45, 2.75) is 39.5 Å². The van der Waals surface area contributed by atoms with Crippen molar-refractivity contribution in [3.63, 3.8) is 0 Å². The third-order valence-corrected chi connectivity index (χ3v) is 2.87. The molecule has 0 spiro atoms. The number of hydrogen-bond acceptors (Lipinski definition) is 4. The zero-order chi connectivity index (χ0) is 16.7. The van der Waals surface area contributed by atoms with Crippen molar-refractivity contribution in [1.29, 1.82) is 0 Å². The Labute approximate surface area is 141 Å². The van der Waals surface area contributed by atoms with Crippen molar-refractivity contribution in [2.24, 2.45) is 5.73 Å². The Bertz CT molecular complexity index is 502. The lowest BCUT2D eigenvalue weighted by atomic mass is 10.1. The highest BCUT2D eigenvalue weighted by Crippen LogP contribution is 2.30. The molecule has 1 atom stereocenters. The third kappa shape index (κ3) is 7.47. The van der Waals surface area contributed by atoms with Gasteiger partial charge in [-0.25, -0.2) is 0 Å². The van der Waals surface area contributed by atoms with Gasteiger partial charge in [0.1, 0.15) is 0 Å². The molecule has 0 aliphatic carbocycles. The van der Waals surface area contributed by atoms with E-state index in [2.05, 4.69) is 4.74 Å². The number of hydrogen-bond donors (Lipinski definition) is 1. The maximum absolute atomic E-state index is 12.3. The maximum atomic E-state index is 12.3. The van der Waals surface area contributed by atoms with Crippen LogP contribution in [0.1, 0.15) is 25.8 Å². The molecule has 0 heterocycles. The fourth-order valence-corrected chi connectivity index (χ4v) is 1.91. The monoisotopic (exact) mass is 352 g/mol. The zero-order valence-electron chi connectivity index (χ0n) is 13.4. The second-order valence-corrected chi connectivity index (χ2v) is 5.02. The van der Waals surface area contributed by atoms with Crippen molar-refractivity contribution in [1.82, 2.24) is 4.90 Å². The molecule has 0 saturated heterocycles. The number of halogens is 3. The topological polar surface area (TPSA) is 64.8 Å². The summed E-state index contributed by atoms with van der Waals surface area (Å²) in [6.07, 6.45) is 0.251. The largest absolute Gasteiger partial charge is 0.490 e. The molecule has 0 bridgehead atoms. The first-order chi connectivity index (χ1) is 10.3. The second kappa shape index (κ2) is 10.2. The average molecular weight is 353 g/mol. The smallest absolute Gasteiger partial charge is 0.387 e. The number of alkyl halides is 2. The Balaban J connectivity index is 0.00000484. The van der Waals surface area contributed by atoms with E-state index in [1.54, 1.807) is 33.0 Å². The van der Waals surface area contributed by atoms with Crippen LogP contribution in [-0.2, 0) is 11.3 Å². The molecule has 1 aromatic carbocycles. The molecule has 1 aromatic rings. The van der Waals surface area contributed by atoms with Gasteiger partial charge in [0.05, 0.1) is 6.61 Å². The minimum Gasteiger partial charge on any atom is -0.490 e. The lowest BCUT2D eigenvalue weighted by molar-refractivity contribution is -0.130. The Morgan fingerprint density at radius 2 is 2.00 bits per heavy atom. The van der Waals surface area contributed by atoms with Crippen LogP contribution in [0.25, 0.3) is 0 Å². The summed E-state index contributed by atoms with van der Waals surface area (Å²) in [7, 11) is 1.66. The lowest BCUT2D eigenvalue weighted by Gasteiger charge is -2.19. The highest BCUT2D eigenvalue weighted by Gasteiger charge is 2.15. The first kappa shape index (κ1) is 21.4. The van der Waals surface area contributed by atoms with Gasteiger partial charge in [0, 0.05) is 26.1 Å². The number of carbonyl (C=O) groups excluding carboxylic acids is 1. The molecule has 5 nitrogen and oxygen atoms in total. The van der Waals surface area contributed by atoms with Crippen molar-refractivity contribution in [2.75, 3.05) is 13.7 Å². The number of nitrogens with zero attached hydrogens (tertiary/aromatic N) is 1. The van der Waals surface area contributed by atoms with Gasteiger partial charge in [-0.1, -0.05) is 6.07 Å². The molecule has 1 amide bonds. The normalized spacial score (nSPS) is 11.6. The van der Waals surface area contributed by atoms with Crippen LogP contribution < -0.4 is 15.2 Å². The molecule has 0 saturated carbocycles. The summed E-state index contributed by atoms with van der Waals surface area (Å²) in [5.74, 6) is 0.124. The SMILES string of the molecule is CCOc1cc(CN(C)C(=O)CC(C)N)ccc1OC(F)F.Cl. The Hall–Kier alpha value is -1.60. The fourth-order valence-electron chi connectivity index (χ4n) is 1.91. The predicted molar refractivity (Wildman–Crippen MR) is 86.2 cm³/mol. The molecule has 2 N–H and O–H groups in total. The number of ether oxygens (including phenoxy) is 2. The molecule has 8 heteroatoms. The molecular weight excluding hydrogens is 330 g/mol. The van der Waals surface area contributed by atoms with Gasteiger partial charge in [0.15, 0.2) is 11.5 Å². The van der Waals surface area contributed by atoms with Gasteiger partial charge in [0.25, 0.3) is 0 Å². The second-order valence-electron chi connectivity index (χ2n) is 5.02. The number of benzene rings is 1. The van der Waals surface area contributed by atoms with Gasteiger partial charge in [0.2, 0.25) is 5.91 Å². The van der Waals surface area contributed by atoms with Crippen LogP contribution in [-0.4, -0.2) is 37.1 Å². The van der Waals surface area contributed by atoms with Crippen LogP contribution >= 0.6 is 12.4 Å². The number of amides is 1. The van der Waals surface area contributed by atoms with E-state index in [4.69, 9.17) is 10.5 Å². The van der Waals surface area contributed by atoms with E-state index >= 15 is 0 Å². The van der Waals surface area contributed by atoms with Crippen molar-refractivity contribution >= 4 is 18.3 Å². The molecule has 0 radical (unpaired) electrons. The van der Waals surface area contributed by atoms with E-state index in [-0.39, 0.29) is 42.3 Å². The van der Waals surface area contributed by atoms with E-state index in [0.29, 0.717) is 13.2 Å². The first-order valence-electron chi connectivity index (χ1n) is 7.03. The first-order valence-corrected chi connectivity index (χ1v) is 7.03. The van der Waals surface area contributed by atoms with Gasteiger partial charge in [-0.05, 0) is 31.5 Å². The Morgan fingerprint density at radius 3 is 2.52 bits per heavy atom. The van der Waals surface area contributed by atoms with E-state index in [9.17, 15) is 13.6 Å². The molecule has 0 aromatic heterocycles. The van der Waals surface area contributed by atoms with Crippen molar-refractivity contribution in [3.8, 4) is 11.5 Å². The molecular formula is C15H23ClF2N2O3. The molecule has 1 rings (SSSR count). The van der Waals surface area contributed by atoms with Crippen LogP contribution in [0.2, 0.25) is 0 Å². The summed E-state index contributed by atoms with van der Waals surface area (Å²) in [5.41, 5.74) is 6.35. The van der Waals surface area contributed by atoms with Crippen molar-refractivity contribution in [3.05, 3.63) is 23.8 Å². The summed E-state index contributed by atoms with van der Waals surface area (Å²) in [6, 6.07) is 4.42. The van der Waals surface area contributed by atoms with Crippen LogP contribution in [0, 0.1) is 0 Å². The molecule has 23 heavy (non-hydrogen) atoms. The summed E-state index contributed by atoms with van der Waals surface area (Å²) < 4.78 is 34.4. The maximum Gasteiger partial charge on any atom is 0.387 e. The lowest BCUT2D eigenvalue weighted by Crippen LogP contribution is -2.31.